The summed E-state index contributed by atoms with van der Waals surface area (Å²) in [4.78, 5) is 25.8. The molecule has 184 valence electrons. The van der Waals surface area contributed by atoms with Crippen LogP contribution < -0.4 is 0 Å². The van der Waals surface area contributed by atoms with Crippen molar-refractivity contribution < 1.29 is 29.3 Å². The van der Waals surface area contributed by atoms with Crippen LogP contribution in [-0.4, -0.2) is 52.5 Å². The number of aliphatic hydroxyl groups excluding tert-OH is 2. The summed E-state index contributed by atoms with van der Waals surface area (Å²) in [7, 11) is 0. The molecule has 0 aromatic rings. The fourth-order valence-corrected chi connectivity index (χ4v) is 10.5. The molecule has 34 heavy (non-hydrogen) atoms. The first-order chi connectivity index (χ1) is 16.2. The number of rotatable bonds is 3. The van der Waals surface area contributed by atoms with Crippen molar-refractivity contribution in [3.63, 3.8) is 0 Å². The van der Waals surface area contributed by atoms with E-state index in [1.54, 1.807) is 12.2 Å². The standard InChI is InChI=1S/C28H36O6/c1-14-10-20(33-24(32)16(14)12-29)15(2)17-4-5-18-19-11-23-28(34-23)22(31)7-6-21(30)27(28)13-26(19,27)9-8-25(17,18)3/h6-7,15,17-20,22-23,29,31H,4-5,8-13H2,1-3H3/t15-,17?,18?,19?,20?,22+,23+,25+,26?,27+,28+/m0/s1. The summed E-state index contributed by atoms with van der Waals surface area (Å²) in [6.45, 7) is 6.38. The van der Waals surface area contributed by atoms with Gasteiger partial charge in [0.15, 0.2) is 5.78 Å². The third kappa shape index (κ3) is 2.17. The lowest BCUT2D eigenvalue weighted by atomic mass is 9.49. The first-order valence-electron chi connectivity index (χ1n) is 13.3. The quantitative estimate of drug-likeness (QED) is 0.488. The number of ether oxygens (including phenoxy) is 2. The van der Waals surface area contributed by atoms with Gasteiger partial charge in [0, 0.05) is 6.42 Å². The summed E-state index contributed by atoms with van der Waals surface area (Å²) in [5.41, 5.74) is 0.350. The van der Waals surface area contributed by atoms with Gasteiger partial charge in [0.2, 0.25) is 0 Å². The highest BCUT2D eigenvalue weighted by Crippen LogP contribution is 2.89. The number of carbonyl (C=O) groups excluding carboxylic acids is 2. The van der Waals surface area contributed by atoms with E-state index in [0.29, 0.717) is 29.7 Å². The van der Waals surface area contributed by atoms with E-state index >= 15 is 0 Å². The molecule has 0 amide bonds. The molecule has 4 saturated carbocycles. The van der Waals surface area contributed by atoms with Crippen molar-refractivity contribution in [2.75, 3.05) is 6.61 Å². The first kappa shape index (κ1) is 21.8. The van der Waals surface area contributed by atoms with E-state index in [2.05, 4.69) is 13.8 Å². The maximum atomic E-state index is 13.3. The van der Waals surface area contributed by atoms with Gasteiger partial charge in [-0.2, -0.15) is 0 Å². The lowest BCUT2D eigenvalue weighted by Crippen LogP contribution is -2.57. The van der Waals surface area contributed by atoms with Crippen LogP contribution in [0.2, 0.25) is 0 Å². The van der Waals surface area contributed by atoms with E-state index in [-0.39, 0.29) is 47.3 Å². The first-order valence-corrected chi connectivity index (χ1v) is 13.3. The van der Waals surface area contributed by atoms with Gasteiger partial charge in [-0.25, -0.2) is 4.79 Å². The number of carbonyl (C=O) groups is 2. The smallest absolute Gasteiger partial charge is 0.336 e. The lowest BCUT2D eigenvalue weighted by Gasteiger charge is -2.54. The Bertz CT molecular complexity index is 1060. The Labute approximate surface area is 200 Å². The Balaban J connectivity index is 1.18. The average Bonchev–Trinajstić information content (AvgIpc) is 3.66. The number of hydrogen-bond acceptors (Lipinski definition) is 6. The number of cyclic esters (lactones) is 1. The van der Waals surface area contributed by atoms with Gasteiger partial charge in [0.25, 0.3) is 0 Å². The number of allylic oxidation sites excluding steroid dienone is 1. The van der Waals surface area contributed by atoms with Crippen molar-refractivity contribution in [3.05, 3.63) is 23.3 Å². The Morgan fingerprint density at radius 2 is 2.00 bits per heavy atom. The zero-order chi connectivity index (χ0) is 23.8. The van der Waals surface area contributed by atoms with Crippen LogP contribution in [0, 0.1) is 39.9 Å². The molecule has 7 rings (SSSR count). The summed E-state index contributed by atoms with van der Waals surface area (Å²) in [6, 6.07) is 0. The van der Waals surface area contributed by atoms with Gasteiger partial charge < -0.3 is 19.7 Å². The van der Waals surface area contributed by atoms with E-state index in [1.165, 1.54) is 0 Å². The molecule has 5 unspecified atom stereocenters. The van der Waals surface area contributed by atoms with Gasteiger partial charge in [-0.1, -0.05) is 19.4 Å². The monoisotopic (exact) mass is 468 g/mol. The number of aliphatic hydroxyl groups is 2. The minimum Gasteiger partial charge on any atom is -0.458 e. The summed E-state index contributed by atoms with van der Waals surface area (Å²) < 4.78 is 12.1. The summed E-state index contributed by atoms with van der Waals surface area (Å²) in [5, 5.41) is 20.4. The third-order valence-electron chi connectivity index (χ3n) is 12.2. The fraction of sp³-hybridized carbons (Fsp3) is 0.786. The van der Waals surface area contributed by atoms with Crippen LogP contribution in [0.25, 0.3) is 0 Å². The SMILES string of the molecule is CC1=C(CO)C(=O)OC([C@@H](C)C2CCC3C4C[C@H]5O[C@]56[C@H](O)C=CC(=O)[C@@]65CC45CC[C@@]32C)C1. The van der Waals surface area contributed by atoms with E-state index in [0.717, 1.165) is 44.1 Å². The van der Waals surface area contributed by atoms with Gasteiger partial charge in [-0.05, 0) is 92.1 Å². The molecule has 5 aliphatic carbocycles. The molecule has 11 atom stereocenters. The molecule has 2 heterocycles. The van der Waals surface area contributed by atoms with Gasteiger partial charge in [0.05, 0.1) is 23.7 Å². The molecule has 0 bridgehead atoms. The topological polar surface area (TPSA) is 96.4 Å². The van der Waals surface area contributed by atoms with Crippen molar-refractivity contribution in [1.82, 2.24) is 0 Å². The summed E-state index contributed by atoms with van der Waals surface area (Å²) in [5.74, 6) is 1.54. The second-order valence-electron chi connectivity index (χ2n) is 12.9. The van der Waals surface area contributed by atoms with Crippen LogP contribution in [0.4, 0.5) is 0 Å². The minimum atomic E-state index is -0.665. The third-order valence-corrected chi connectivity index (χ3v) is 12.2. The van der Waals surface area contributed by atoms with Gasteiger partial charge in [-0.3, -0.25) is 4.79 Å². The largest absolute Gasteiger partial charge is 0.458 e. The van der Waals surface area contributed by atoms with Gasteiger partial charge in [-0.15, -0.1) is 0 Å². The van der Waals surface area contributed by atoms with Gasteiger partial charge in [0.1, 0.15) is 17.8 Å². The van der Waals surface area contributed by atoms with Crippen LogP contribution >= 0.6 is 0 Å². The van der Waals surface area contributed by atoms with Gasteiger partial charge >= 0.3 is 5.97 Å². The van der Waals surface area contributed by atoms with Crippen molar-refractivity contribution >= 4 is 11.8 Å². The Kier molecular flexibility index (Phi) is 4.12. The second-order valence-corrected chi connectivity index (χ2v) is 12.9. The molecule has 1 saturated heterocycles. The molecule has 6 heteroatoms. The maximum absolute atomic E-state index is 13.3. The molecule has 0 aromatic heterocycles. The van der Waals surface area contributed by atoms with Crippen LogP contribution in [-0.2, 0) is 19.1 Å². The molecular weight excluding hydrogens is 432 g/mol. The Hall–Kier alpha value is -1.50. The zero-order valence-electron chi connectivity index (χ0n) is 20.4. The van der Waals surface area contributed by atoms with E-state index in [9.17, 15) is 19.8 Å². The molecule has 7 aliphatic rings. The van der Waals surface area contributed by atoms with Crippen LogP contribution in [0.3, 0.4) is 0 Å². The van der Waals surface area contributed by atoms with Crippen molar-refractivity contribution in [3.8, 4) is 0 Å². The molecule has 5 fully saturated rings. The predicted octanol–water partition coefficient (Wildman–Crippen LogP) is 3.11. The molecule has 2 N–H and O–H groups in total. The minimum absolute atomic E-state index is 0.000151. The molecule has 6 nitrogen and oxygen atoms in total. The predicted molar refractivity (Wildman–Crippen MR) is 122 cm³/mol. The highest BCUT2D eigenvalue weighted by atomic mass is 16.6. The Morgan fingerprint density at radius 1 is 1.21 bits per heavy atom. The molecule has 2 aliphatic heterocycles. The second kappa shape index (κ2) is 6.43. The zero-order valence-corrected chi connectivity index (χ0v) is 20.4. The van der Waals surface area contributed by atoms with Crippen molar-refractivity contribution in [1.29, 1.82) is 0 Å². The summed E-state index contributed by atoms with van der Waals surface area (Å²) >= 11 is 0. The molecule has 0 aromatic carbocycles. The van der Waals surface area contributed by atoms with Crippen LogP contribution in [0.5, 0.6) is 0 Å². The Morgan fingerprint density at radius 3 is 2.74 bits per heavy atom. The van der Waals surface area contributed by atoms with Crippen molar-refractivity contribution in [2.24, 2.45) is 39.9 Å². The average molecular weight is 469 g/mol. The molecular formula is C28H36O6. The molecule has 3 spiro atoms. The maximum Gasteiger partial charge on any atom is 0.336 e. The van der Waals surface area contributed by atoms with E-state index < -0.39 is 17.1 Å². The highest BCUT2D eigenvalue weighted by molar-refractivity contribution is 6.02. The number of hydrogen-bond donors (Lipinski definition) is 2. The van der Waals surface area contributed by atoms with Crippen LogP contribution in [0.1, 0.15) is 65.7 Å². The number of fused-ring (bicyclic) bond motifs is 2. The number of ketones is 1. The normalized spacial score (nSPS) is 55.4. The fourth-order valence-electron chi connectivity index (χ4n) is 10.5. The lowest BCUT2D eigenvalue weighted by molar-refractivity contribution is -0.152. The van der Waals surface area contributed by atoms with E-state index in [4.69, 9.17) is 9.47 Å². The van der Waals surface area contributed by atoms with Crippen LogP contribution in [0.15, 0.2) is 23.3 Å². The summed E-state index contributed by atoms with van der Waals surface area (Å²) in [6.07, 6.45) is 9.40. The highest BCUT2D eigenvalue weighted by Gasteiger charge is 2.94. The van der Waals surface area contributed by atoms with Crippen molar-refractivity contribution in [2.45, 2.75) is 89.6 Å². The van der Waals surface area contributed by atoms with E-state index in [1.807, 2.05) is 6.92 Å². The molecule has 0 radical (unpaired) electrons. The number of epoxide rings is 1. The number of esters is 1.